The number of carbonyl (C=O) groups is 1. The van der Waals surface area contributed by atoms with Gasteiger partial charge >= 0.3 is 0 Å². The lowest BCUT2D eigenvalue weighted by Gasteiger charge is -2.28. The Morgan fingerprint density at radius 2 is 1.93 bits per heavy atom. The van der Waals surface area contributed by atoms with Crippen molar-refractivity contribution in [3.05, 3.63) is 60.4 Å². The van der Waals surface area contributed by atoms with Crippen molar-refractivity contribution in [2.24, 2.45) is 0 Å². The summed E-state index contributed by atoms with van der Waals surface area (Å²) in [6, 6.07) is 19.1. The molecular weight excluding hydrogens is 372 g/mol. The van der Waals surface area contributed by atoms with Crippen molar-refractivity contribution in [1.82, 2.24) is 20.2 Å². The summed E-state index contributed by atoms with van der Waals surface area (Å²) in [5.74, 6) is 1.04. The first kappa shape index (κ1) is 20.4. The van der Waals surface area contributed by atoms with Gasteiger partial charge in [0, 0.05) is 30.6 Å². The fourth-order valence-corrected chi connectivity index (χ4v) is 3.90. The second-order valence-electron chi connectivity index (χ2n) is 7.33. The quantitative estimate of drug-likeness (QED) is 0.689. The molecule has 4 rings (SSSR count). The molecule has 1 fully saturated rings. The Hall–Kier alpha value is -2.37. The van der Waals surface area contributed by atoms with E-state index in [9.17, 15) is 4.79 Å². The maximum absolute atomic E-state index is 12.5. The Morgan fingerprint density at radius 3 is 2.71 bits per heavy atom. The van der Waals surface area contributed by atoms with Crippen LogP contribution < -0.4 is 10.6 Å². The van der Waals surface area contributed by atoms with Gasteiger partial charge in [0.05, 0.1) is 11.0 Å². The van der Waals surface area contributed by atoms with Crippen molar-refractivity contribution in [3.63, 3.8) is 0 Å². The minimum atomic E-state index is 0. The average molecular weight is 399 g/mol. The number of benzene rings is 2. The molecule has 0 spiro atoms. The molecule has 148 valence electrons. The number of aromatic nitrogens is 2. The molecule has 0 aliphatic carbocycles. The third kappa shape index (κ3) is 4.54. The molecule has 1 aromatic heterocycles. The summed E-state index contributed by atoms with van der Waals surface area (Å²) in [4.78, 5) is 17.3. The van der Waals surface area contributed by atoms with Gasteiger partial charge in [0.2, 0.25) is 5.91 Å². The fourth-order valence-electron chi connectivity index (χ4n) is 3.90. The number of hydrogen-bond acceptors (Lipinski definition) is 3. The van der Waals surface area contributed by atoms with Crippen LogP contribution in [0, 0.1) is 0 Å². The number of rotatable bonds is 5. The summed E-state index contributed by atoms with van der Waals surface area (Å²) < 4.78 is 2.16. The molecule has 1 aliphatic rings. The smallest absolute Gasteiger partial charge is 0.220 e. The number of imidazole rings is 1. The van der Waals surface area contributed by atoms with Crippen LogP contribution in [-0.4, -0.2) is 34.1 Å². The lowest BCUT2D eigenvalue weighted by Crippen LogP contribution is -2.46. The number of aryl methyl sites for hydroxylation is 1. The average Bonchev–Trinajstić information content (AvgIpc) is 3.05. The molecule has 6 heteroatoms. The van der Waals surface area contributed by atoms with Gasteiger partial charge in [-0.2, -0.15) is 0 Å². The largest absolute Gasteiger partial charge is 0.353 e. The van der Waals surface area contributed by atoms with E-state index in [1.54, 1.807) is 0 Å². The maximum Gasteiger partial charge on any atom is 0.220 e. The zero-order valence-electron chi connectivity index (χ0n) is 16.1. The standard InChI is InChI=1S/C22H26N4O.ClH/c1-16-15-17(13-14-23-16)24-22(27)12-11-21-25-19-9-5-6-10-20(19)26(21)18-7-3-2-4-8-18;/h2-10,16-17,23H,11-15H2,1H3,(H,24,27);1H. The molecule has 2 heterocycles. The van der Waals surface area contributed by atoms with E-state index in [2.05, 4.69) is 40.3 Å². The number of nitrogens with one attached hydrogen (secondary N) is 2. The minimum Gasteiger partial charge on any atom is -0.353 e. The molecule has 2 N–H and O–H groups in total. The monoisotopic (exact) mass is 398 g/mol. The van der Waals surface area contributed by atoms with Crippen molar-refractivity contribution < 1.29 is 4.79 Å². The van der Waals surface area contributed by atoms with Crippen LogP contribution in [0.1, 0.15) is 32.0 Å². The molecule has 28 heavy (non-hydrogen) atoms. The Bertz CT molecular complexity index is 925. The zero-order valence-corrected chi connectivity index (χ0v) is 16.9. The van der Waals surface area contributed by atoms with E-state index in [0.29, 0.717) is 18.9 Å². The van der Waals surface area contributed by atoms with E-state index in [1.165, 1.54) is 0 Å². The fraction of sp³-hybridized carbons (Fsp3) is 0.364. The topological polar surface area (TPSA) is 59.0 Å². The maximum atomic E-state index is 12.5. The predicted molar refractivity (Wildman–Crippen MR) is 115 cm³/mol. The molecule has 2 aromatic carbocycles. The number of para-hydroxylation sites is 3. The summed E-state index contributed by atoms with van der Waals surface area (Å²) in [5.41, 5.74) is 3.11. The van der Waals surface area contributed by atoms with Gasteiger partial charge in [0.15, 0.2) is 0 Å². The van der Waals surface area contributed by atoms with Gasteiger partial charge in [-0.15, -0.1) is 12.4 Å². The zero-order chi connectivity index (χ0) is 18.6. The third-order valence-corrected chi connectivity index (χ3v) is 5.21. The molecule has 3 aromatic rings. The molecular formula is C22H27ClN4O. The van der Waals surface area contributed by atoms with Crippen LogP contribution >= 0.6 is 12.4 Å². The van der Waals surface area contributed by atoms with Gasteiger partial charge in [-0.3, -0.25) is 9.36 Å². The lowest BCUT2D eigenvalue weighted by atomic mass is 10.0. The number of halogens is 1. The number of fused-ring (bicyclic) bond motifs is 1. The highest BCUT2D eigenvalue weighted by Gasteiger charge is 2.20. The number of nitrogens with zero attached hydrogens (tertiary/aromatic N) is 2. The van der Waals surface area contributed by atoms with Crippen LogP contribution in [0.4, 0.5) is 0 Å². The second kappa shape index (κ2) is 9.22. The van der Waals surface area contributed by atoms with Crippen molar-refractivity contribution >= 4 is 29.3 Å². The van der Waals surface area contributed by atoms with Crippen LogP contribution in [0.25, 0.3) is 16.7 Å². The van der Waals surface area contributed by atoms with E-state index >= 15 is 0 Å². The highest BCUT2D eigenvalue weighted by molar-refractivity contribution is 5.85. The summed E-state index contributed by atoms with van der Waals surface area (Å²) in [7, 11) is 0. The van der Waals surface area contributed by atoms with Crippen LogP contribution in [-0.2, 0) is 11.2 Å². The summed E-state index contributed by atoms with van der Waals surface area (Å²) in [5, 5.41) is 6.62. The van der Waals surface area contributed by atoms with Crippen molar-refractivity contribution in [3.8, 4) is 5.69 Å². The molecule has 1 amide bonds. The van der Waals surface area contributed by atoms with E-state index < -0.39 is 0 Å². The van der Waals surface area contributed by atoms with Crippen molar-refractivity contribution in [2.45, 2.75) is 44.7 Å². The first-order valence-electron chi connectivity index (χ1n) is 9.75. The van der Waals surface area contributed by atoms with E-state index in [-0.39, 0.29) is 24.4 Å². The van der Waals surface area contributed by atoms with Crippen LogP contribution in [0.3, 0.4) is 0 Å². The second-order valence-corrected chi connectivity index (χ2v) is 7.33. The molecule has 2 atom stereocenters. The van der Waals surface area contributed by atoms with Gasteiger partial charge in [-0.05, 0) is 50.6 Å². The molecule has 5 nitrogen and oxygen atoms in total. The Morgan fingerprint density at radius 1 is 1.18 bits per heavy atom. The number of piperidine rings is 1. The summed E-state index contributed by atoms with van der Waals surface area (Å²) in [6.07, 6.45) is 3.07. The first-order chi connectivity index (χ1) is 13.2. The summed E-state index contributed by atoms with van der Waals surface area (Å²) in [6.45, 7) is 3.14. The van der Waals surface area contributed by atoms with Gasteiger partial charge in [0.1, 0.15) is 5.82 Å². The lowest BCUT2D eigenvalue weighted by molar-refractivity contribution is -0.122. The van der Waals surface area contributed by atoms with Crippen molar-refractivity contribution in [2.75, 3.05) is 6.54 Å². The molecule has 0 radical (unpaired) electrons. The van der Waals surface area contributed by atoms with Crippen LogP contribution in [0.2, 0.25) is 0 Å². The Balaban J connectivity index is 0.00000225. The SMILES string of the molecule is CC1CC(NC(=O)CCc2nc3ccccc3n2-c2ccccc2)CCN1.Cl. The Labute approximate surface area is 172 Å². The minimum absolute atomic E-state index is 0. The first-order valence-corrected chi connectivity index (χ1v) is 9.75. The Kier molecular flexibility index (Phi) is 6.70. The van der Waals surface area contributed by atoms with Gasteiger partial charge in [0.25, 0.3) is 0 Å². The molecule has 0 saturated carbocycles. The molecule has 0 bridgehead atoms. The highest BCUT2D eigenvalue weighted by Crippen LogP contribution is 2.22. The van der Waals surface area contributed by atoms with E-state index in [0.717, 1.165) is 41.9 Å². The third-order valence-electron chi connectivity index (χ3n) is 5.21. The number of amides is 1. The van der Waals surface area contributed by atoms with Crippen LogP contribution in [0.15, 0.2) is 54.6 Å². The normalized spacial score (nSPS) is 19.2. The van der Waals surface area contributed by atoms with Crippen molar-refractivity contribution in [1.29, 1.82) is 0 Å². The van der Waals surface area contributed by atoms with Crippen LogP contribution in [0.5, 0.6) is 0 Å². The van der Waals surface area contributed by atoms with E-state index in [1.807, 2.05) is 36.4 Å². The van der Waals surface area contributed by atoms with Gasteiger partial charge < -0.3 is 10.6 Å². The van der Waals surface area contributed by atoms with E-state index in [4.69, 9.17) is 4.98 Å². The highest BCUT2D eigenvalue weighted by atomic mass is 35.5. The molecule has 1 saturated heterocycles. The summed E-state index contributed by atoms with van der Waals surface area (Å²) >= 11 is 0. The van der Waals surface area contributed by atoms with Gasteiger partial charge in [-0.1, -0.05) is 30.3 Å². The molecule has 2 unspecified atom stereocenters. The molecule has 1 aliphatic heterocycles. The van der Waals surface area contributed by atoms with Gasteiger partial charge in [-0.25, -0.2) is 4.98 Å². The number of carbonyl (C=O) groups excluding carboxylic acids is 1. The predicted octanol–water partition coefficient (Wildman–Crippen LogP) is 3.64. The number of hydrogen-bond donors (Lipinski definition) is 2.